The third-order valence-electron chi connectivity index (χ3n) is 3.66. The van der Waals surface area contributed by atoms with Gasteiger partial charge in [-0.1, -0.05) is 6.42 Å². The Kier molecular flexibility index (Phi) is 2.20. The predicted octanol–water partition coefficient (Wildman–Crippen LogP) is 2.75. The van der Waals surface area contributed by atoms with E-state index < -0.39 is 0 Å². The Hall–Kier alpha value is -1.38. The zero-order chi connectivity index (χ0) is 11.0. The molecule has 16 heavy (non-hydrogen) atoms. The fourth-order valence-corrected chi connectivity index (χ4v) is 2.82. The van der Waals surface area contributed by atoms with Crippen molar-refractivity contribution in [1.29, 1.82) is 0 Å². The van der Waals surface area contributed by atoms with E-state index in [0.717, 1.165) is 12.8 Å². The lowest BCUT2D eigenvalue weighted by atomic mass is 9.78. The first-order valence-electron chi connectivity index (χ1n) is 5.95. The standard InChI is InChI=1S/C13H15NO2/c15-11-8-13(5-2-1-3-6-13)16-12-9-14-7-4-10(11)12/h4,7,9H,1-3,5-6,8H2. The molecular weight excluding hydrogens is 202 g/mol. The smallest absolute Gasteiger partial charge is 0.170 e. The first kappa shape index (κ1) is 9.82. The maximum atomic E-state index is 12.1. The van der Waals surface area contributed by atoms with Gasteiger partial charge in [0.2, 0.25) is 0 Å². The summed E-state index contributed by atoms with van der Waals surface area (Å²) in [5, 5.41) is 0. The third-order valence-corrected chi connectivity index (χ3v) is 3.66. The molecule has 0 aromatic carbocycles. The molecule has 1 aromatic rings. The second kappa shape index (κ2) is 3.58. The zero-order valence-corrected chi connectivity index (χ0v) is 9.24. The number of pyridine rings is 1. The van der Waals surface area contributed by atoms with Crippen molar-refractivity contribution in [1.82, 2.24) is 4.98 Å². The minimum absolute atomic E-state index is 0.213. The van der Waals surface area contributed by atoms with Gasteiger partial charge in [-0.2, -0.15) is 0 Å². The highest BCUT2D eigenvalue weighted by molar-refractivity contribution is 6.00. The van der Waals surface area contributed by atoms with Crippen molar-refractivity contribution >= 4 is 5.78 Å². The molecule has 0 N–H and O–H groups in total. The second-order valence-electron chi connectivity index (χ2n) is 4.82. The van der Waals surface area contributed by atoms with Crippen LogP contribution in [0.4, 0.5) is 0 Å². The number of fused-ring (bicyclic) bond motifs is 1. The van der Waals surface area contributed by atoms with E-state index in [4.69, 9.17) is 4.74 Å². The van der Waals surface area contributed by atoms with Crippen LogP contribution in [-0.4, -0.2) is 16.4 Å². The molecule has 0 unspecified atom stereocenters. The lowest BCUT2D eigenvalue weighted by molar-refractivity contribution is 0.0133. The Morgan fingerprint density at radius 2 is 2.06 bits per heavy atom. The Morgan fingerprint density at radius 1 is 1.25 bits per heavy atom. The van der Waals surface area contributed by atoms with Crippen molar-refractivity contribution < 1.29 is 9.53 Å². The van der Waals surface area contributed by atoms with Gasteiger partial charge in [-0.3, -0.25) is 9.78 Å². The average Bonchev–Trinajstić information content (AvgIpc) is 2.30. The number of hydrogen-bond acceptors (Lipinski definition) is 3. The summed E-state index contributed by atoms with van der Waals surface area (Å²) in [6, 6.07) is 1.76. The molecule has 1 aliphatic heterocycles. The number of carbonyl (C=O) groups excluding carboxylic acids is 1. The van der Waals surface area contributed by atoms with Crippen LogP contribution >= 0.6 is 0 Å². The van der Waals surface area contributed by atoms with Crippen molar-refractivity contribution in [2.75, 3.05) is 0 Å². The molecule has 1 fully saturated rings. The molecule has 0 amide bonds. The Bertz CT molecular complexity index is 422. The van der Waals surface area contributed by atoms with Gasteiger partial charge in [-0.05, 0) is 31.7 Å². The number of ketones is 1. The van der Waals surface area contributed by atoms with Crippen molar-refractivity contribution in [3.05, 3.63) is 24.0 Å². The molecule has 2 heterocycles. The second-order valence-corrected chi connectivity index (χ2v) is 4.82. The summed E-state index contributed by atoms with van der Waals surface area (Å²) in [4.78, 5) is 16.1. The largest absolute Gasteiger partial charge is 0.484 e. The lowest BCUT2D eigenvalue weighted by Crippen LogP contribution is -2.43. The van der Waals surface area contributed by atoms with Gasteiger partial charge in [0.05, 0.1) is 18.2 Å². The number of hydrogen-bond donors (Lipinski definition) is 0. The first-order chi connectivity index (χ1) is 7.79. The van der Waals surface area contributed by atoms with E-state index in [1.54, 1.807) is 18.5 Å². The highest BCUT2D eigenvalue weighted by atomic mass is 16.5. The minimum atomic E-state index is -0.217. The summed E-state index contributed by atoms with van der Waals surface area (Å²) in [7, 11) is 0. The van der Waals surface area contributed by atoms with Crippen LogP contribution in [0.15, 0.2) is 18.5 Å². The van der Waals surface area contributed by atoms with Crippen molar-refractivity contribution in [3.63, 3.8) is 0 Å². The highest BCUT2D eigenvalue weighted by Crippen LogP contribution is 2.41. The van der Waals surface area contributed by atoms with Crippen LogP contribution in [0.5, 0.6) is 5.75 Å². The molecule has 0 atom stereocenters. The summed E-state index contributed by atoms with van der Waals surface area (Å²) < 4.78 is 6.05. The van der Waals surface area contributed by atoms with Gasteiger partial charge in [0.1, 0.15) is 11.4 Å². The number of carbonyl (C=O) groups is 1. The van der Waals surface area contributed by atoms with Gasteiger partial charge >= 0.3 is 0 Å². The molecule has 1 aliphatic carbocycles. The van der Waals surface area contributed by atoms with E-state index >= 15 is 0 Å². The third kappa shape index (κ3) is 1.51. The maximum absolute atomic E-state index is 12.1. The average molecular weight is 217 g/mol. The fraction of sp³-hybridized carbons (Fsp3) is 0.538. The molecule has 2 aliphatic rings. The summed E-state index contributed by atoms with van der Waals surface area (Å²) in [6.45, 7) is 0. The minimum Gasteiger partial charge on any atom is -0.484 e. The summed E-state index contributed by atoms with van der Waals surface area (Å²) >= 11 is 0. The summed E-state index contributed by atoms with van der Waals surface area (Å²) in [6.07, 6.45) is 9.48. The van der Waals surface area contributed by atoms with Crippen LogP contribution < -0.4 is 4.74 Å². The van der Waals surface area contributed by atoms with Crippen molar-refractivity contribution in [2.45, 2.75) is 44.1 Å². The molecule has 0 radical (unpaired) electrons. The molecule has 1 aromatic heterocycles. The van der Waals surface area contributed by atoms with Gasteiger partial charge < -0.3 is 4.74 Å². The van der Waals surface area contributed by atoms with E-state index in [-0.39, 0.29) is 11.4 Å². The van der Waals surface area contributed by atoms with Crippen molar-refractivity contribution in [3.8, 4) is 5.75 Å². The predicted molar refractivity (Wildman–Crippen MR) is 59.6 cm³/mol. The molecule has 84 valence electrons. The Balaban J connectivity index is 1.96. The van der Waals surface area contributed by atoms with E-state index in [1.807, 2.05) is 0 Å². The fourth-order valence-electron chi connectivity index (χ4n) is 2.82. The molecule has 3 rings (SSSR count). The molecule has 0 saturated heterocycles. The normalized spacial score (nSPS) is 22.6. The Labute approximate surface area is 94.8 Å². The SMILES string of the molecule is O=C1CC2(CCCCC2)Oc2cnccc21. The number of rotatable bonds is 0. The van der Waals surface area contributed by atoms with Crippen LogP contribution in [0.2, 0.25) is 0 Å². The van der Waals surface area contributed by atoms with Crippen LogP contribution in [0.1, 0.15) is 48.9 Å². The van der Waals surface area contributed by atoms with Gasteiger partial charge in [-0.15, -0.1) is 0 Å². The summed E-state index contributed by atoms with van der Waals surface area (Å²) in [5.41, 5.74) is 0.483. The van der Waals surface area contributed by atoms with Crippen molar-refractivity contribution in [2.24, 2.45) is 0 Å². The number of aromatic nitrogens is 1. The van der Waals surface area contributed by atoms with Gasteiger partial charge in [0, 0.05) is 6.20 Å². The van der Waals surface area contributed by atoms with E-state index in [9.17, 15) is 4.79 Å². The van der Waals surface area contributed by atoms with Gasteiger partial charge in [-0.25, -0.2) is 0 Å². The quantitative estimate of drug-likeness (QED) is 0.670. The number of Topliss-reactive ketones (excluding diaryl/α,β-unsaturated/α-hetero) is 1. The number of nitrogens with zero attached hydrogens (tertiary/aromatic N) is 1. The Morgan fingerprint density at radius 3 is 2.88 bits per heavy atom. The molecule has 1 saturated carbocycles. The van der Waals surface area contributed by atoms with Gasteiger partial charge in [0.25, 0.3) is 0 Å². The topological polar surface area (TPSA) is 39.2 Å². The van der Waals surface area contributed by atoms with Crippen LogP contribution in [0, 0.1) is 0 Å². The lowest BCUT2D eigenvalue weighted by Gasteiger charge is -2.40. The molecule has 3 nitrogen and oxygen atoms in total. The van der Waals surface area contributed by atoms with E-state index in [0.29, 0.717) is 17.7 Å². The van der Waals surface area contributed by atoms with Crippen LogP contribution in [-0.2, 0) is 0 Å². The molecule has 3 heteroatoms. The number of ether oxygens (including phenoxy) is 1. The zero-order valence-electron chi connectivity index (χ0n) is 9.24. The molecule has 0 bridgehead atoms. The van der Waals surface area contributed by atoms with E-state index in [1.165, 1.54) is 19.3 Å². The summed E-state index contributed by atoms with van der Waals surface area (Å²) in [5.74, 6) is 0.895. The molecule has 1 spiro atoms. The van der Waals surface area contributed by atoms with Gasteiger partial charge in [0.15, 0.2) is 5.78 Å². The molecular formula is C13H15NO2. The van der Waals surface area contributed by atoms with Crippen LogP contribution in [0.3, 0.4) is 0 Å². The first-order valence-corrected chi connectivity index (χ1v) is 5.95. The van der Waals surface area contributed by atoms with E-state index in [2.05, 4.69) is 4.98 Å². The maximum Gasteiger partial charge on any atom is 0.170 e. The monoisotopic (exact) mass is 217 g/mol. The highest BCUT2D eigenvalue weighted by Gasteiger charge is 2.41. The van der Waals surface area contributed by atoms with Crippen LogP contribution in [0.25, 0.3) is 0 Å².